The van der Waals surface area contributed by atoms with Gasteiger partial charge < -0.3 is 24.6 Å². The summed E-state index contributed by atoms with van der Waals surface area (Å²) in [5, 5.41) is 14.4. The Morgan fingerprint density at radius 1 is 1.25 bits per heavy atom. The van der Waals surface area contributed by atoms with Gasteiger partial charge in [-0.1, -0.05) is 25.4 Å². The first-order chi connectivity index (χ1) is 15.3. The van der Waals surface area contributed by atoms with E-state index in [1.165, 1.54) is 11.6 Å². The molecule has 3 N–H and O–H groups in total. The number of aromatic nitrogens is 4. The number of aliphatic hydroxyl groups is 1. The number of halogens is 1. The van der Waals surface area contributed by atoms with Crippen molar-refractivity contribution < 1.29 is 9.84 Å². The Hall–Kier alpha value is -2.82. The first kappa shape index (κ1) is 23.8. The Balaban J connectivity index is 1.83. The summed E-state index contributed by atoms with van der Waals surface area (Å²) in [7, 11) is 1.54. The number of anilines is 1. The molecule has 0 spiro atoms. The van der Waals surface area contributed by atoms with Gasteiger partial charge in [0.15, 0.2) is 11.2 Å². The molecule has 174 valence electrons. The number of aromatic amines is 1. The molecule has 0 unspecified atom stereocenters. The zero-order valence-corrected chi connectivity index (χ0v) is 19.2. The van der Waals surface area contributed by atoms with Crippen molar-refractivity contribution in [2.24, 2.45) is 7.05 Å². The topological polar surface area (TPSA) is 117 Å². The molecular formula is C21H29ClN6O4. The molecular weight excluding hydrogens is 436 g/mol. The summed E-state index contributed by atoms with van der Waals surface area (Å²) >= 11 is 5.88. The van der Waals surface area contributed by atoms with E-state index in [9.17, 15) is 14.7 Å². The van der Waals surface area contributed by atoms with E-state index in [0.29, 0.717) is 23.3 Å². The summed E-state index contributed by atoms with van der Waals surface area (Å²) in [4.78, 5) is 33.6. The summed E-state index contributed by atoms with van der Waals surface area (Å²) in [6, 6.07) is 6.82. The maximum Gasteiger partial charge on any atom is 0.329 e. The third-order valence-electron chi connectivity index (χ3n) is 5.26. The first-order valence-electron chi connectivity index (χ1n) is 10.6. The highest BCUT2D eigenvalue weighted by atomic mass is 35.5. The number of hydrogen-bond acceptors (Lipinski definition) is 7. The molecule has 3 rings (SSSR count). The number of imidazole rings is 1. The van der Waals surface area contributed by atoms with Gasteiger partial charge in [-0.2, -0.15) is 4.98 Å². The summed E-state index contributed by atoms with van der Waals surface area (Å²) in [5.41, 5.74) is -0.649. The van der Waals surface area contributed by atoms with E-state index in [1.54, 1.807) is 28.8 Å². The van der Waals surface area contributed by atoms with Crippen molar-refractivity contribution in [2.75, 3.05) is 38.1 Å². The molecule has 0 amide bonds. The number of rotatable bonds is 11. The van der Waals surface area contributed by atoms with Crippen molar-refractivity contribution in [3.8, 4) is 5.75 Å². The van der Waals surface area contributed by atoms with Crippen molar-refractivity contribution in [2.45, 2.75) is 26.5 Å². The molecule has 0 radical (unpaired) electrons. The van der Waals surface area contributed by atoms with Gasteiger partial charge in [0.05, 0.1) is 6.54 Å². The smallest absolute Gasteiger partial charge is 0.329 e. The maximum absolute atomic E-state index is 12.6. The molecule has 0 bridgehead atoms. The van der Waals surface area contributed by atoms with E-state index in [-0.39, 0.29) is 24.3 Å². The van der Waals surface area contributed by atoms with Gasteiger partial charge in [-0.25, -0.2) is 4.79 Å². The van der Waals surface area contributed by atoms with E-state index in [4.69, 9.17) is 16.3 Å². The highest BCUT2D eigenvalue weighted by Crippen LogP contribution is 2.18. The van der Waals surface area contributed by atoms with Gasteiger partial charge in [-0.3, -0.25) is 14.3 Å². The second-order valence-corrected chi connectivity index (χ2v) is 7.85. The van der Waals surface area contributed by atoms with Gasteiger partial charge >= 0.3 is 5.69 Å². The Kier molecular flexibility index (Phi) is 7.94. The van der Waals surface area contributed by atoms with Crippen LogP contribution >= 0.6 is 11.6 Å². The zero-order chi connectivity index (χ0) is 23.3. The predicted molar refractivity (Wildman–Crippen MR) is 125 cm³/mol. The number of ether oxygens (including phenoxy) is 1. The fourth-order valence-electron chi connectivity index (χ4n) is 3.40. The van der Waals surface area contributed by atoms with Crippen LogP contribution in [0.25, 0.3) is 11.2 Å². The first-order valence-corrected chi connectivity index (χ1v) is 10.9. The van der Waals surface area contributed by atoms with Crippen LogP contribution in [0.4, 0.5) is 5.95 Å². The van der Waals surface area contributed by atoms with Crippen LogP contribution in [0.1, 0.15) is 13.8 Å². The van der Waals surface area contributed by atoms with Gasteiger partial charge in [-0.05, 0) is 37.4 Å². The van der Waals surface area contributed by atoms with Crippen molar-refractivity contribution >= 4 is 28.7 Å². The summed E-state index contributed by atoms with van der Waals surface area (Å²) in [5.74, 6) is 0.978. The Labute approximate surface area is 190 Å². The monoisotopic (exact) mass is 464 g/mol. The number of aryl methyl sites for hydroxylation is 1. The lowest BCUT2D eigenvalue weighted by molar-refractivity contribution is 0.0938. The van der Waals surface area contributed by atoms with Crippen LogP contribution < -0.4 is 21.3 Å². The average molecular weight is 465 g/mol. The summed E-state index contributed by atoms with van der Waals surface area (Å²) < 4.78 is 8.49. The Bertz CT molecular complexity index is 1150. The molecule has 0 saturated carbocycles. The largest absolute Gasteiger partial charge is 0.491 e. The van der Waals surface area contributed by atoms with Crippen LogP contribution in [-0.2, 0) is 13.6 Å². The number of nitrogens with zero attached hydrogens (tertiary/aromatic N) is 4. The Morgan fingerprint density at radius 2 is 1.94 bits per heavy atom. The fraction of sp³-hybridized carbons (Fsp3) is 0.476. The lowest BCUT2D eigenvalue weighted by atomic mass is 10.3. The van der Waals surface area contributed by atoms with Gasteiger partial charge in [0.25, 0.3) is 5.56 Å². The minimum Gasteiger partial charge on any atom is -0.491 e. The number of benzene rings is 1. The van der Waals surface area contributed by atoms with E-state index >= 15 is 0 Å². The van der Waals surface area contributed by atoms with Crippen molar-refractivity contribution in [1.29, 1.82) is 0 Å². The predicted octanol–water partition coefficient (Wildman–Crippen LogP) is 1.27. The van der Waals surface area contributed by atoms with Crippen LogP contribution in [0.2, 0.25) is 5.02 Å². The number of likely N-dealkylation sites (N-methyl/N-ethyl adjacent to an activating group) is 1. The quantitative estimate of drug-likeness (QED) is 0.391. The molecule has 2 aromatic heterocycles. The lowest BCUT2D eigenvalue weighted by Crippen LogP contribution is -2.31. The minimum absolute atomic E-state index is 0.00383. The summed E-state index contributed by atoms with van der Waals surface area (Å²) in [6.45, 7) is 7.45. The van der Waals surface area contributed by atoms with Gasteiger partial charge in [-0.15, -0.1) is 0 Å². The molecule has 0 aliphatic carbocycles. The van der Waals surface area contributed by atoms with Crippen molar-refractivity contribution in [1.82, 2.24) is 24.0 Å². The molecule has 0 saturated heterocycles. The molecule has 11 heteroatoms. The van der Waals surface area contributed by atoms with Crippen LogP contribution in [0, 0.1) is 0 Å². The van der Waals surface area contributed by atoms with Crippen LogP contribution in [0.5, 0.6) is 5.75 Å². The van der Waals surface area contributed by atoms with E-state index < -0.39 is 17.4 Å². The molecule has 3 aromatic rings. The van der Waals surface area contributed by atoms with E-state index in [2.05, 4.69) is 34.0 Å². The molecule has 0 fully saturated rings. The number of hydrogen-bond donors (Lipinski definition) is 3. The lowest BCUT2D eigenvalue weighted by Gasteiger charge is -2.19. The minimum atomic E-state index is -0.928. The molecule has 0 aliphatic heterocycles. The molecule has 2 heterocycles. The summed E-state index contributed by atoms with van der Waals surface area (Å²) in [6.07, 6.45) is -0.928. The average Bonchev–Trinajstić information content (AvgIpc) is 3.13. The van der Waals surface area contributed by atoms with Gasteiger partial charge in [0, 0.05) is 25.2 Å². The molecule has 10 nitrogen and oxygen atoms in total. The van der Waals surface area contributed by atoms with Crippen molar-refractivity contribution in [3.63, 3.8) is 0 Å². The number of H-pyrrole nitrogens is 1. The molecule has 32 heavy (non-hydrogen) atoms. The van der Waals surface area contributed by atoms with E-state index in [0.717, 1.165) is 19.6 Å². The second-order valence-electron chi connectivity index (χ2n) is 7.41. The fourth-order valence-corrected chi connectivity index (χ4v) is 3.53. The molecule has 1 atom stereocenters. The molecule has 0 aliphatic rings. The third-order valence-corrected chi connectivity index (χ3v) is 5.51. The van der Waals surface area contributed by atoms with E-state index in [1.807, 2.05) is 0 Å². The number of fused-ring (bicyclic) bond motifs is 1. The Morgan fingerprint density at radius 3 is 2.59 bits per heavy atom. The highest BCUT2D eigenvalue weighted by Gasteiger charge is 2.20. The normalized spacial score (nSPS) is 12.4. The standard InChI is InChI=1S/C21H29ClN6O4/c1-4-27(5-2)11-10-23-20-24-18-17(19(30)25-21(31)26(18)3)28(20)12-15(29)13-32-16-8-6-14(22)7-9-16/h6-9,15,29H,4-5,10-13H2,1-3H3,(H,23,24)(H,25,30,31)/t15-/m1/s1. The zero-order valence-electron chi connectivity index (χ0n) is 18.5. The highest BCUT2D eigenvalue weighted by molar-refractivity contribution is 6.30. The third kappa shape index (κ3) is 5.50. The number of nitrogens with one attached hydrogen (secondary N) is 2. The molecule has 1 aromatic carbocycles. The maximum atomic E-state index is 12.6. The van der Waals surface area contributed by atoms with Crippen LogP contribution in [0.15, 0.2) is 33.9 Å². The second kappa shape index (κ2) is 10.7. The van der Waals surface area contributed by atoms with Crippen LogP contribution in [-0.4, -0.2) is 68.0 Å². The van der Waals surface area contributed by atoms with Gasteiger partial charge in [0.1, 0.15) is 18.5 Å². The van der Waals surface area contributed by atoms with Crippen molar-refractivity contribution in [3.05, 3.63) is 50.1 Å². The van der Waals surface area contributed by atoms with Crippen LogP contribution in [0.3, 0.4) is 0 Å². The van der Waals surface area contributed by atoms with Gasteiger partial charge in [0.2, 0.25) is 5.95 Å². The number of aliphatic hydroxyl groups excluding tert-OH is 1. The SMILES string of the molecule is CCN(CC)CCNc1nc2c(c(=O)[nH]c(=O)n2C)n1C[C@@H](O)COc1ccc(Cl)cc1.